The van der Waals surface area contributed by atoms with E-state index in [2.05, 4.69) is 6.07 Å². The summed E-state index contributed by atoms with van der Waals surface area (Å²) < 4.78 is 41.3. The number of benzene rings is 4. The minimum atomic E-state index is -0.476. The van der Waals surface area contributed by atoms with Gasteiger partial charge in [0.1, 0.15) is 24.1 Å². The average molecular weight is 476 g/mol. The first-order chi connectivity index (χ1) is 17.5. The van der Waals surface area contributed by atoms with Crippen molar-refractivity contribution in [2.45, 2.75) is 6.92 Å². The average Bonchev–Trinajstić information content (AvgIpc) is 3.42. The zero-order chi connectivity index (χ0) is 24.6. The largest absolute Gasteiger partial charge is 0.453 e. The summed E-state index contributed by atoms with van der Waals surface area (Å²) in [6, 6.07) is 25.8. The van der Waals surface area contributed by atoms with E-state index in [0.717, 1.165) is 43.9 Å². The van der Waals surface area contributed by atoms with E-state index in [1.165, 1.54) is 12.1 Å². The van der Waals surface area contributed by atoms with Crippen molar-refractivity contribution in [3.63, 3.8) is 0 Å². The van der Waals surface area contributed by atoms with Crippen molar-refractivity contribution in [2.24, 2.45) is 7.05 Å². The monoisotopic (exact) mass is 475 g/mol. The van der Waals surface area contributed by atoms with E-state index < -0.39 is 11.6 Å². The van der Waals surface area contributed by atoms with Crippen molar-refractivity contribution in [1.29, 1.82) is 0 Å². The van der Waals surface area contributed by atoms with E-state index >= 15 is 8.78 Å². The molecule has 5 heteroatoms. The molecular formula is C31H21F2N2O+. The van der Waals surface area contributed by atoms with Gasteiger partial charge in [0.05, 0.1) is 16.6 Å². The molecule has 0 atom stereocenters. The molecule has 0 unspecified atom stereocenters. The molecule has 4 aromatic carbocycles. The number of pyridine rings is 1. The van der Waals surface area contributed by atoms with E-state index in [1.54, 1.807) is 16.7 Å². The Kier molecular flexibility index (Phi) is 4.33. The maximum absolute atomic E-state index is 15.8. The second kappa shape index (κ2) is 7.49. The molecule has 0 saturated carbocycles. The fourth-order valence-corrected chi connectivity index (χ4v) is 5.48. The summed E-state index contributed by atoms with van der Waals surface area (Å²) in [5.74, 6) is -0.889. The number of rotatable bonds is 2. The van der Waals surface area contributed by atoms with Gasteiger partial charge in [-0.1, -0.05) is 42.5 Å². The van der Waals surface area contributed by atoms with Crippen LogP contribution in [-0.4, -0.2) is 4.57 Å². The summed E-state index contributed by atoms with van der Waals surface area (Å²) in [7, 11) is 1.99. The molecule has 36 heavy (non-hydrogen) atoms. The van der Waals surface area contributed by atoms with Crippen LogP contribution in [0.15, 0.2) is 95.5 Å². The van der Waals surface area contributed by atoms with Crippen LogP contribution in [0.2, 0.25) is 0 Å². The summed E-state index contributed by atoms with van der Waals surface area (Å²) in [5, 5.41) is 3.25. The standard InChI is InChI=1S/C31H21F2N2O/c1-18-13-14-21-22-15-16-24(33)29(31(22)36-30(21)27(18)26-12-5-6-17-34(26)2)35-25-11-4-3-8-19(25)20-9-7-10-23(32)28(20)35/h3-17H,1-2H3/q+1. The molecule has 0 saturated heterocycles. The number of aryl methyl sites for hydroxylation is 2. The van der Waals surface area contributed by atoms with Gasteiger partial charge in [0.2, 0.25) is 5.69 Å². The predicted molar refractivity (Wildman–Crippen MR) is 139 cm³/mol. The quantitative estimate of drug-likeness (QED) is 0.234. The van der Waals surface area contributed by atoms with E-state index in [-0.39, 0.29) is 5.69 Å². The maximum Gasteiger partial charge on any atom is 0.216 e. The first-order valence-corrected chi connectivity index (χ1v) is 11.8. The van der Waals surface area contributed by atoms with Crippen molar-refractivity contribution in [3.05, 3.63) is 108 Å². The summed E-state index contributed by atoms with van der Waals surface area (Å²) in [6.07, 6.45) is 1.99. The molecule has 7 rings (SSSR count). The SMILES string of the molecule is Cc1ccc2c(oc3c(-n4c5ccccc5c5cccc(F)c54)c(F)ccc32)c1-c1cccc[n+]1C. The Morgan fingerprint density at radius 3 is 2.31 bits per heavy atom. The van der Waals surface area contributed by atoms with Crippen molar-refractivity contribution >= 4 is 43.7 Å². The highest BCUT2D eigenvalue weighted by Gasteiger charge is 2.25. The van der Waals surface area contributed by atoms with Crippen LogP contribution in [-0.2, 0) is 7.05 Å². The Balaban J connectivity index is 1.67. The molecule has 0 N–H and O–H groups in total. The molecule has 7 aromatic rings. The van der Waals surface area contributed by atoms with Gasteiger partial charge in [0.15, 0.2) is 17.6 Å². The summed E-state index contributed by atoms with van der Waals surface area (Å²) in [4.78, 5) is 0. The lowest BCUT2D eigenvalue weighted by Gasteiger charge is -2.10. The van der Waals surface area contributed by atoms with E-state index in [9.17, 15) is 0 Å². The molecule has 0 aliphatic carbocycles. The minimum Gasteiger partial charge on any atom is -0.453 e. The first kappa shape index (κ1) is 20.8. The molecule has 0 amide bonds. The fourth-order valence-electron chi connectivity index (χ4n) is 5.48. The fraction of sp³-hybridized carbons (Fsp3) is 0.0645. The first-order valence-electron chi connectivity index (χ1n) is 11.8. The summed E-state index contributed by atoms with van der Waals surface area (Å²) in [5.41, 5.74) is 5.32. The van der Waals surface area contributed by atoms with Crippen LogP contribution in [0.5, 0.6) is 0 Å². The van der Waals surface area contributed by atoms with Crippen LogP contribution in [0, 0.1) is 18.6 Å². The van der Waals surface area contributed by atoms with Crippen molar-refractivity contribution in [1.82, 2.24) is 4.57 Å². The molecule has 3 aromatic heterocycles. The third-order valence-electron chi connectivity index (χ3n) is 7.12. The van der Waals surface area contributed by atoms with E-state index in [4.69, 9.17) is 4.42 Å². The molecule has 0 spiro atoms. The zero-order valence-corrected chi connectivity index (χ0v) is 19.7. The van der Waals surface area contributed by atoms with Crippen molar-refractivity contribution < 1.29 is 17.8 Å². The van der Waals surface area contributed by atoms with Gasteiger partial charge < -0.3 is 8.98 Å². The molecule has 0 aliphatic heterocycles. The molecule has 0 bridgehead atoms. The molecule has 3 nitrogen and oxygen atoms in total. The van der Waals surface area contributed by atoms with E-state index in [0.29, 0.717) is 16.7 Å². The lowest BCUT2D eigenvalue weighted by Crippen LogP contribution is -2.30. The topological polar surface area (TPSA) is 21.9 Å². The lowest BCUT2D eigenvalue weighted by molar-refractivity contribution is -0.660. The predicted octanol–water partition coefficient (Wildman–Crippen LogP) is 7.76. The second-order valence-corrected chi connectivity index (χ2v) is 9.19. The van der Waals surface area contributed by atoms with Gasteiger partial charge in [0, 0.05) is 33.7 Å². The van der Waals surface area contributed by atoms with Crippen LogP contribution < -0.4 is 4.57 Å². The molecule has 174 valence electrons. The van der Waals surface area contributed by atoms with Crippen LogP contribution in [0.4, 0.5) is 8.78 Å². The number of hydrogen-bond donors (Lipinski definition) is 0. The zero-order valence-electron chi connectivity index (χ0n) is 19.7. The number of furan rings is 1. The molecule has 0 fully saturated rings. The summed E-state index contributed by atoms with van der Waals surface area (Å²) >= 11 is 0. The Morgan fingerprint density at radius 1 is 0.694 bits per heavy atom. The van der Waals surface area contributed by atoms with Gasteiger partial charge in [-0.15, -0.1) is 0 Å². The smallest absolute Gasteiger partial charge is 0.216 e. The van der Waals surface area contributed by atoms with Gasteiger partial charge >= 0.3 is 0 Å². The van der Waals surface area contributed by atoms with Gasteiger partial charge in [0.25, 0.3) is 0 Å². The third kappa shape index (κ3) is 2.74. The summed E-state index contributed by atoms with van der Waals surface area (Å²) in [6.45, 7) is 2.04. The molecular weight excluding hydrogens is 454 g/mol. The maximum atomic E-state index is 15.8. The number of para-hydroxylation sites is 2. The third-order valence-corrected chi connectivity index (χ3v) is 7.12. The number of aromatic nitrogens is 2. The number of hydrogen-bond acceptors (Lipinski definition) is 1. The van der Waals surface area contributed by atoms with E-state index in [1.807, 2.05) is 79.3 Å². The second-order valence-electron chi connectivity index (χ2n) is 9.19. The Labute approximate surface area is 205 Å². The van der Waals surface area contributed by atoms with Gasteiger partial charge in [-0.25, -0.2) is 13.3 Å². The highest BCUT2D eigenvalue weighted by Crippen LogP contribution is 2.42. The normalized spacial score (nSPS) is 11.9. The Bertz CT molecular complexity index is 2000. The molecule has 0 radical (unpaired) electrons. The van der Waals surface area contributed by atoms with Crippen molar-refractivity contribution in [3.8, 4) is 16.9 Å². The highest BCUT2D eigenvalue weighted by atomic mass is 19.1. The molecule has 0 aliphatic rings. The Morgan fingerprint density at radius 2 is 1.44 bits per heavy atom. The van der Waals surface area contributed by atoms with Gasteiger partial charge in [-0.3, -0.25) is 0 Å². The van der Waals surface area contributed by atoms with Crippen LogP contribution in [0.1, 0.15) is 5.56 Å². The number of fused-ring (bicyclic) bond motifs is 6. The van der Waals surface area contributed by atoms with Crippen LogP contribution in [0.25, 0.3) is 60.7 Å². The van der Waals surface area contributed by atoms with Crippen molar-refractivity contribution in [2.75, 3.05) is 0 Å². The minimum absolute atomic E-state index is 0.209. The van der Waals surface area contributed by atoms with Crippen LogP contribution in [0.3, 0.4) is 0 Å². The van der Waals surface area contributed by atoms with Crippen LogP contribution >= 0.6 is 0 Å². The Hall–Kier alpha value is -4.51. The van der Waals surface area contributed by atoms with Gasteiger partial charge in [-0.05, 0) is 42.8 Å². The number of nitrogens with zero attached hydrogens (tertiary/aromatic N) is 2. The lowest BCUT2D eigenvalue weighted by atomic mass is 10.0. The molecule has 3 heterocycles. The number of halogens is 2. The van der Waals surface area contributed by atoms with Gasteiger partial charge in [-0.2, -0.15) is 0 Å². The highest BCUT2D eigenvalue weighted by molar-refractivity contribution is 6.14.